The third-order valence-electron chi connectivity index (χ3n) is 6.26. The molecule has 0 bridgehead atoms. The van der Waals surface area contributed by atoms with Crippen LogP contribution in [0, 0.1) is 11.7 Å². The van der Waals surface area contributed by atoms with E-state index in [0.29, 0.717) is 11.8 Å². The Balaban J connectivity index is 1.55. The second-order valence-electron chi connectivity index (χ2n) is 7.94. The van der Waals surface area contributed by atoms with Gasteiger partial charge in [-0.3, -0.25) is 9.69 Å². The van der Waals surface area contributed by atoms with E-state index in [4.69, 9.17) is 4.74 Å². The maximum absolute atomic E-state index is 13.2. The first-order chi connectivity index (χ1) is 13.5. The van der Waals surface area contributed by atoms with Crippen LogP contribution in [0.3, 0.4) is 0 Å². The molecule has 28 heavy (non-hydrogen) atoms. The van der Waals surface area contributed by atoms with Gasteiger partial charge in [-0.05, 0) is 41.8 Å². The fraction of sp³-hybridized carbons (Fsp3) is 0.435. The van der Waals surface area contributed by atoms with Crippen LogP contribution in [0.4, 0.5) is 4.39 Å². The van der Waals surface area contributed by atoms with Crippen LogP contribution in [0.15, 0.2) is 48.5 Å². The number of amides is 1. The predicted molar refractivity (Wildman–Crippen MR) is 107 cm³/mol. The van der Waals surface area contributed by atoms with Crippen LogP contribution in [0.5, 0.6) is 5.75 Å². The normalized spacial score (nSPS) is 24.8. The zero-order chi connectivity index (χ0) is 19.7. The van der Waals surface area contributed by atoms with Crippen molar-refractivity contribution in [2.75, 3.05) is 26.7 Å². The molecule has 2 aromatic rings. The van der Waals surface area contributed by atoms with Gasteiger partial charge in [0.15, 0.2) is 0 Å². The highest BCUT2D eigenvalue weighted by Gasteiger charge is 2.46. The summed E-state index contributed by atoms with van der Waals surface area (Å²) in [6, 6.07) is 15.3. The fourth-order valence-corrected chi connectivity index (χ4v) is 4.88. The van der Waals surface area contributed by atoms with Gasteiger partial charge in [0.1, 0.15) is 11.6 Å². The number of hydrogen-bond donors (Lipinski definition) is 0. The van der Waals surface area contributed by atoms with E-state index >= 15 is 0 Å². The summed E-state index contributed by atoms with van der Waals surface area (Å²) in [7, 11) is 1.68. The molecule has 2 heterocycles. The number of benzene rings is 2. The van der Waals surface area contributed by atoms with Crippen molar-refractivity contribution < 1.29 is 13.9 Å². The molecule has 0 spiro atoms. The Morgan fingerprint density at radius 1 is 1.18 bits per heavy atom. The van der Waals surface area contributed by atoms with Crippen molar-refractivity contribution in [3.8, 4) is 5.75 Å². The molecular weight excluding hydrogens is 355 g/mol. The van der Waals surface area contributed by atoms with E-state index in [1.807, 2.05) is 24.3 Å². The maximum Gasteiger partial charge on any atom is 0.219 e. The summed E-state index contributed by atoms with van der Waals surface area (Å²) >= 11 is 0. The van der Waals surface area contributed by atoms with E-state index in [1.165, 1.54) is 17.7 Å². The molecule has 0 aliphatic carbocycles. The Kier molecular flexibility index (Phi) is 5.36. The quantitative estimate of drug-likeness (QED) is 0.809. The molecule has 0 saturated carbocycles. The summed E-state index contributed by atoms with van der Waals surface area (Å²) in [4.78, 5) is 16.8. The summed E-state index contributed by atoms with van der Waals surface area (Å²) in [6.07, 6.45) is 0.978. The van der Waals surface area contributed by atoms with Crippen LogP contribution in [-0.4, -0.2) is 48.5 Å². The second-order valence-corrected chi connectivity index (χ2v) is 7.94. The van der Waals surface area contributed by atoms with E-state index in [2.05, 4.69) is 21.9 Å². The highest BCUT2D eigenvalue weighted by atomic mass is 19.1. The molecule has 2 aliphatic heterocycles. The average Bonchev–Trinajstić information content (AvgIpc) is 3.09. The summed E-state index contributed by atoms with van der Waals surface area (Å²) in [5, 5.41) is 0. The number of nitrogens with zero attached hydrogens (tertiary/aromatic N) is 2. The van der Waals surface area contributed by atoms with Crippen molar-refractivity contribution in [2.24, 2.45) is 5.92 Å². The minimum atomic E-state index is -0.201. The molecular formula is C23H27FN2O2. The lowest BCUT2D eigenvalue weighted by atomic mass is 9.81. The number of ether oxygens (including phenoxy) is 1. The minimum absolute atomic E-state index is 0.160. The Bertz CT molecular complexity index is 839. The first-order valence-corrected chi connectivity index (χ1v) is 9.93. The summed E-state index contributed by atoms with van der Waals surface area (Å²) < 4.78 is 18.6. The Labute approximate surface area is 165 Å². The number of carbonyl (C=O) groups excluding carboxylic acids is 1. The monoisotopic (exact) mass is 382 g/mol. The molecule has 148 valence electrons. The van der Waals surface area contributed by atoms with Crippen LogP contribution in [0.2, 0.25) is 0 Å². The van der Waals surface area contributed by atoms with Gasteiger partial charge in [-0.15, -0.1) is 0 Å². The molecule has 5 heteroatoms. The number of carbonyl (C=O) groups is 1. The number of hydrogen-bond acceptors (Lipinski definition) is 3. The molecule has 2 aromatic carbocycles. The van der Waals surface area contributed by atoms with E-state index < -0.39 is 0 Å². The number of rotatable bonds is 4. The maximum atomic E-state index is 13.2. The molecule has 2 saturated heterocycles. The third kappa shape index (κ3) is 3.76. The summed E-state index contributed by atoms with van der Waals surface area (Å²) in [5.74, 6) is 1.51. The van der Waals surface area contributed by atoms with Crippen LogP contribution in [0.1, 0.15) is 30.4 Å². The molecule has 0 aromatic heterocycles. The predicted octanol–water partition coefficient (Wildman–Crippen LogP) is 3.67. The molecule has 2 aliphatic rings. The van der Waals surface area contributed by atoms with E-state index in [9.17, 15) is 9.18 Å². The SMILES string of the molecule is COc1cccc([C@H]2CN(C(C)=O)[C@@H]3CCN(Cc4ccc(F)cc4)C[C@H]23)c1. The molecule has 4 nitrogen and oxygen atoms in total. The lowest BCUT2D eigenvalue weighted by molar-refractivity contribution is -0.130. The number of methoxy groups -OCH3 is 1. The van der Waals surface area contributed by atoms with Crippen molar-refractivity contribution in [1.82, 2.24) is 9.80 Å². The van der Waals surface area contributed by atoms with E-state index in [1.54, 1.807) is 14.0 Å². The van der Waals surface area contributed by atoms with Gasteiger partial charge in [0.05, 0.1) is 7.11 Å². The average molecular weight is 382 g/mol. The number of likely N-dealkylation sites (tertiary alicyclic amines) is 2. The molecule has 2 fully saturated rings. The van der Waals surface area contributed by atoms with Gasteiger partial charge in [-0.25, -0.2) is 4.39 Å². The van der Waals surface area contributed by atoms with E-state index in [0.717, 1.165) is 43.9 Å². The highest BCUT2D eigenvalue weighted by molar-refractivity contribution is 5.74. The topological polar surface area (TPSA) is 32.8 Å². The molecule has 0 unspecified atom stereocenters. The first-order valence-electron chi connectivity index (χ1n) is 9.93. The van der Waals surface area contributed by atoms with Gasteiger partial charge < -0.3 is 9.64 Å². The number of piperidine rings is 1. The standard InChI is InChI=1S/C23H27FN2O2/c1-16(27)26-15-21(18-4-3-5-20(12-18)28-2)22-14-25(11-10-23(22)26)13-17-6-8-19(24)9-7-17/h3-9,12,21-23H,10-11,13-15H2,1-2H3/t21-,22-,23-/m1/s1. The second kappa shape index (κ2) is 7.92. The molecule has 4 rings (SSSR count). The van der Waals surface area contributed by atoms with Crippen molar-refractivity contribution >= 4 is 5.91 Å². The third-order valence-corrected chi connectivity index (χ3v) is 6.26. The van der Waals surface area contributed by atoms with Crippen LogP contribution >= 0.6 is 0 Å². The number of halogens is 1. The Morgan fingerprint density at radius 3 is 2.68 bits per heavy atom. The van der Waals surface area contributed by atoms with Gasteiger partial charge in [0, 0.05) is 51.0 Å². The number of fused-ring (bicyclic) bond motifs is 1. The first kappa shape index (κ1) is 18.9. The Hall–Kier alpha value is -2.40. The van der Waals surface area contributed by atoms with Gasteiger partial charge in [0.2, 0.25) is 5.91 Å². The minimum Gasteiger partial charge on any atom is -0.497 e. The van der Waals surface area contributed by atoms with Gasteiger partial charge >= 0.3 is 0 Å². The largest absolute Gasteiger partial charge is 0.497 e. The van der Waals surface area contributed by atoms with Crippen LogP contribution in [-0.2, 0) is 11.3 Å². The van der Waals surface area contributed by atoms with E-state index in [-0.39, 0.29) is 17.8 Å². The lowest BCUT2D eigenvalue weighted by Crippen LogP contribution is -2.47. The zero-order valence-electron chi connectivity index (χ0n) is 16.5. The van der Waals surface area contributed by atoms with Gasteiger partial charge in [-0.1, -0.05) is 24.3 Å². The smallest absolute Gasteiger partial charge is 0.219 e. The van der Waals surface area contributed by atoms with Crippen molar-refractivity contribution in [3.05, 3.63) is 65.5 Å². The Morgan fingerprint density at radius 2 is 1.96 bits per heavy atom. The molecule has 3 atom stereocenters. The van der Waals surface area contributed by atoms with Gasteiger partial charge in [0.25, 0.3) is 0 Å². The molecule has 1 amide bonds. The van der Waals surface area contributed by atoms with Crippen LogP contribution in [0.25, 0.3) is 0 Å². The van der Waals surface area contributed by atoms with Crippen LogP contribution < -0.4 is 4.74 Å². The highest BCUT2D eigenvalue weighted by Crippen LogP contribution is 2.42. The molecule has 0 radical (unpaired) electrons. The zero-order valence-corrected chi connectivity index (χ0v) is 16.5. The van der Waals surface area contributed by atoms with Crippen molar-refractivity contribution in [3.63, 3.8) is 0 Å². The summed E-state index contributed by atoms with van der Waals surface area (Å²) in [6.45, 7) is 5.15. The summed E-state index contributed by atoms with van der Waals surface area (Å²) in [5.41, 5.74) is 2.36. The fourth-order valence-electron chi connectivity index (χ4n) is 4.88. The molecule has 0 N–H and O–H groups in total. The van der Waals surface area contributed by atoms with Gasteiger partial charge in [-0.2, -0.15) is 0 Å². The van der Waals surface area contributed by atoms with Crippen molar-refractivity contribution in [1.29, 1.82) is 0 Å². The van der Waals surface area contributed by atoms with Crippen molar-refractivity contribution in [2.45, 2.75) is 31.8 Å². The lowest BCUT2D eigenvalue weighted by Gasteiger charge is -2.38.